The lowest BCUT2D eigenvalue weighted by molar-refractivity contribution is -0.133. The van der Waals surface area contributed by atoms with Gasteiger partial charge in [0.1, 0.15) is 0 Å². The minimum Gasteiger partial charge on any atom is -0.334 e. The molecule has 2 atom stereocenters. The molecule has 2 rings (SSSR count). The maximum atomic E-state index is 12.5. The van der Waals surface area contributed by atoms with Gasteiger partial charge in [-0.15, -0.1) is 0 Å². The lowest BCUT2D eigenvalue weighted by atomic mass is 9.99. The molecular weight excluding hydrogens is 268 g/mol. The summed E-state index contributed by atoms with van der Waals surface area (Å²) in [6.07, 6.45) is 4.92. The molecule has 1 aliphatic heterocycles. The van der Waals surface area contributed by atoms with E-state index in [9.17, 15) is 4.79 Å². The molecule has 110 valence electrons. The van der Waals surface area contributed by atoms with E-state index in [0.717, 1.165) is 31.6 Å². The van der Waals surface area contributed by atoms with E-state index in [1.807, 2.05) is 17.2 Å². The van der Waals surface area contributed by atoms with Crippen LogP contribution in [0.3, 0.4) is 0 Å². The Balaban J connectivity index is 2.11. The third-order valence-corrected chi connectivity index (χ3v) is 4.68. The Morgan fingerprint density at radius 1 is 1.50 bits per heavy atom. The Morgan fingerprint density at radius 2 is 2.25 bits per heavy atom. The molecule has 1 heterocycles. The Labute approximate surface area is 125 Å². The minimum absolute atomic E-state index is 0.116. The number of thioether (sulfide) groups is 1. The molecule has 1 unspecified atom stereocenters. The van der Waals surface area contributed by atoms with Crippen molar-refractivity contribution in [2.45, 2.75) is 38.3 Å². The molecule has 1 saturated heterocycles. The van der Waals surface area contributed by atoms with E-state index in [-0.39, 0.29) is 18.0 Å². The zero-order chi connectivity index (χ0) is 14.5. The second-order valence-corrected chi connectivity index (χ2v) is 6.42. The van der Waals surface area contributed by atoms with Crippen molar-refractivity contribution in [3.05, 3.63) is 35.4 Å². The van der Waals surface area contributed by atoms with E-state index in [1.165, 1.54) is 11.1 Å². The first-order chi connectivity index (χ1) is 9.65. The normalized spacial score (nSPS) is 20.1. The maximum Gasteiger partial charge on any atom is 0.240 e. The molecule has 1 amide bonds. The number of likely N-dealkylation sites (tertiary alicyclic amines) is 1. The van der Waals surface area contributed by atoms with Gasteiger partial charge < -0.3 is 10.6 Å². The van der Waals surface area contributed by atoms with Gasteiger partial charge in [0, 0.05) is 6.54 Å². The van der Waals surface area contributed by atoms with Gasteiger partial charge >= 0.3 is 0 Å². The van der Waals surface area contributed by atoms with Crippen molar-refractivity contribution in [3.63, 3.8) is 0 Å². The highest BCUT2D eigenvalue weighted by molar-refractivity contribution is 7.98. The van der Waals surface area contributed by atoms with E-state index in [1.54, 1.807) is 11.8 Å². The topological polar surface area (TPSA) is 46.3 Å². The van der Waals surface area contributed by atoms with E-state index >= 15 is 0 Å². The summed E-state index contributed by atoms with van der Waals surface area (Å²) in [5.41, 5.74) is 8.59. The number of amides is 1. The number of carbonyl (C=O) groups is 1. The van der Waals surface area contributed by atoms with Gasteiger partial charge in [0.15, 0.2) is 0 Å². The number of hydrogen-bond acceptors (Lipinski definition) is 3. The fraction of sp³-hybridized carbons (Fsp3) is 0.562. The smallest absolute Gasteiger partial charge is 0.240 e. The summed E-state index contributed by atoms with van der Waals surface area (Å²) in [7, 11) is 0. The van der Waals surface area contributed by atoms with Crippen LogP contribution >= 0.6 is 11.8 Å². The molecule has 3 nitrogen and oxygen atoms in total. The van der Waals surface area contributed by atoms with Gasteiger partial charge in [-0.2, -0.15) is 11.8 Å². The van der Waals surface area contributed by atoms with Crippen LogP contribution in [-0.2, 0) is 4.79 Å². The summed E-state index contributed by atoms with van der Waals surface area (Å²) in [6.45, 7) is 2.95. The van der Waals surface area contributed by atoms with Crippen LogP contribution in [-0.4, -0.2) is 35.4 Å². The molecule has 0 aromatic heterocycles. The van der Waals surface area contributed by atoms with Gasteiger partial charge in [-0.05, 0) is 49.3 Å². The summed E-state index contributed by atoms with van der Waals surface area (Å²) < 4.78 is 0. The predicted octanol–water partition coefficient (Wildman–Crippen LogP) is 2.74. The van der Waals surface area contributed by atoms with Crippen LogP contribution in [0.5, 0.6) is 0 Å². The molecule has 0 spiro atoms. The fourth-order valence-corrected chi connectivity index (χ4v) is 3.39. The predicted molar refractivity (Wildman–Crippen MR) is 85.8 cm³/mol. The largest absolute Gasteiger partial charge is 0.334 e. The van der Waals surface area contributed by atoms with Gasteiger partial charge in [0.05, 0.1) is 12.1 Å². The second-order valence-electron chi connectivity index (χ2n) is 5.43. The fourth-order valence-electron chi connectivity index (χ4n) is 2.90. The molecule has 0 aliphatic carbocycles. The quantitative estimate of drug-likeness (QED) is 0.907. The SMILES string of the molecule is CSCC[C@H](N)C(=O)N1CCCC1c1ccccc1C. The van der Waals surface area contributed by atoms with Crippen LogP contribution in [0.4, 0.5) is 0 Å². The van der Waals surface area contributed by atoms with Gasteiger partial charge in [0.25, 0.3) is 0 Å². The van der Waals surface area contributed by atoms with E-state index in [0.29, 0.717) is 0 Å². The Kier molecular flexibility index (Phi) is 5.49. The molecule has 4 heteroatoms. The molecule has 0 bridgehead atoms. The number of nitrogens with two attached hydrogens (primary N) is 1. The molecule has 20 heavy (non-hydrogen) atoms. The van der Waals surface area contributed by atoms with Crippen molar-refractivity contribution in [3.8, 4) is 0 Å². The van der Waals surface area contributed by atoms with Crippen LogP contribution in [0, 0.1) is 6.92 Å². The number of carbonyl (C=O) groups excluding carboxylic acids is 1. The monoisotopic (exact) mass is 292 g/mol. The van der Waals surface area contributed by atoms with Gasteiger partial charge in [0.2, 0.25) is 5.91 Å². The standard InChI is InChI=1S/C16H24N2OS/c1-12-6-3-4-7-13(12)15-8-5-10-18(15)16(19)14(17)9-11-20-2/h3-4,6-7,14-15H,5,8-11,17H2,1-2H3/t14-,15?/m0/s1. The highest BCUT2D eigenvalue weighted by atomic mass is 32.2. The van der Waals surface area contributed by atoms with Crippen LogP contribution in [0.2, 0.25) is 0 Å². The first-order valence-electron chi connectivity index (χ1n) is 7.25. The van der Waals surface area contributed by atoms with E-state index in [4.69, 9.17) is 5.73 Å². The van der Waals surface area contributed by atoms with E-state index in [2.05, 4.69) is 25.1 Å². The highest BCUT2D eigenvalue weighted by Gasteiger charge is 2.32. The number of benzene rings is 1. The zero-order valence-electron chi connectivity index (χ0n) is 12.3. The number of hydrogen-bond donors (Lipinski definition) is 1. The summed E-state index contributed by atoms with van der Waals surface area (Å²) in [6, 6.07) is 8.21. The van der Waals surface area contributed by atoms with Gasteiger partial charge in [-0.1, -0.05) is 24.3 Å². The number of nitrogens with zero attached hydrogens (tertiary/aromatic N) is 1. The molecule has 1 aromatic rings. The molecule has 1 fully saturated rings. The van der Waals surface area contributed by atoms with Crippen molar-refractivity contribution in [1.29, 1.82) is 0 Å². The molecule has 0 saturated carbocycles. The minimum atomic E-state index is -0.355. The average molecular weight is 292 g/mol. The highest BCUT2D eigenvalue weighted by Crippen LogP contribution is 2.34. The summed E-state index contributed by atoms with van der Waals surface area (Å²) >= 11 is 1.74. The lowest BCUT2D eigenvalue weighted by Crippen LogP contribution is -2.43. The van der Waals surface area contributed by atoms with Crippen molar-refractivity contribution in [2.24, 2.45) is 5.73 Å². The first kappa shape index (κ1) is 15.4. The summed E-state index contributed by atoms with van der Waals surface area (Å²) in [4.78, 5) is 14.5. The third-order valence-electron chi connectivity index (χ3n) is 4.03. The summed E-state index contributed by atoms with van der Waals surface area (Å²) in [5, 5.41) is 0. The first-order valence-corrected chi connectivity index (χ1v) is 8.65. The van der Waals surface area contributed by atoms with Crippen molar-refractivity contribution >= 4 is 17.7 Å². The Hall–Kier alpha value is -1.00. The molecular formula is C16H24N2OS. The molecule has 1 aliphatic rings. The maximum absolute atomic E-state index is 12.5. The number of rotatable bonds is 5. The van der Waals surface area contributed by atoms with Crippen molar-refractivity contribution in [1.82, 2.24) is 4.90 Å². The average Bonchev–Trinajstić information content (AvgIpc) is 2.93. The second kappa shape index (κ2) is 7.14. The van der Waals surface area contributed by atoms with Crippen molar-refractivity contribution in [2.75, 3.05) is 18.6 Å². The molecule has 1 aromatic carbocycles. The van der Waals surface area contributed by atoms with Crippen molar-refractivity contribution < 1.29 is 4.79 Å². The van der Waals surface area contributed by atoms with Crippen LogP contribution in [0.1, 0.15) is 36.4 Å². The molecule has 0 radical (unpaired) electrons. The van der Waals surface area contributed by atoms with Crippen LogP contribution in [0.15, 0.2) is 24.3 Å². The molecule has 2 N–H and O–H groups in total. The van der Waals surface area contributed by atoms with Gasteiger partial charge in [-0.3, -0.25) is 4.79 Å². The summed E-state index contributed by atoms with van der Waals surface area (Å²) in [5.74, 6) is 1.06. The van der Waals surface area contributed by atoms with Crippen LogP contribution < -0.4 is 5.73 Å². The number of aryl methyl sites for hydroxylation is 1. The van der Waals surface area contributed by atoms with Crippen LogP contribution in [0.25, 0.3) is 0 Å². The third kappa shape index (κ3) is 3.36. The zero-order valence-corrected chi connectivity index (χ0v) is 13.2. The van der Waals surface area contributed by atoms with Gasteiger partial charge in [-0.25, -0.2) is 0 Å². The Bertz CT molecular complexity index is 464. The lowest BCUT2D eigenvalue weighted by Gasteiger charge is -2.28. The Morgan fingerprint density at radius 3 is 2.95 bits per heavy atom. The van der Waals surface area contributed by atoms with E-state index < -0.39 is 0 Å².